The number of hydrogen-bond acceptors (Lipinski definition) is 4. The largest absolute Gasteiger partial charge is 0.313 e. The van der Waals surface area contributed by atoms with E-state index in [9.17, 15) is 8.42 Å². The molecule has 0 saturated carbocycles. The van der Waals surface area contributed by atoms with E-state index in [1.807, 2.05) is 13.8 Å². The third-order valence-corrected chi connectivity index (χ3v) is 3.48. The van der Waals surface area contributed by atoms with Crippen molar-refractivity contribution in [3.05, 3.63) is 23.4 Å². The van der Waals surface area contributed by atoms with Gasteiger partial charge in [0.15, 0.2) is 5.82 Å². The van der Waals surface area contributed by atoms with Crippen molar-refractivity contribution in [3.8, 4) is 0 Å². The quantitative estimate of drug-likeness (QED) is 0.826. The van der Waals surface area contributed by atoms with Crippen molar-refractivity contribution >= 4 is 27.4 Å². The molecule has 0 atom stereocenters. The van der Waals surface area contributed by atoms with Crippen molar-refractivity contribution in [2.75, 3.05) is 17.0 Å². The van der Waals surface area contributed by atoms with Crippen LogP contribution in [0.2, 0.25) is 5.02 Å². The van der Waals surface area contributed by atoms with Crippen LogP contribution in [0.3, 0.4) is 0 Å². The zero-order chi connectivity index (χ0) is 12.9. The first kappa shape index (κ1) is 14.2. The second-order valence-electron chi connectivity index (χ2n) is 3.86. The predicted octanol–water partition coefficient (Wildman–Crippen LogP) is 1.47. The van der Waals surface area contributed by atoms with Crippen molar-refractivity contribution in [1.29, 1.82) is 0 Å². The molecular formula is C10H16ClN3O2S. The summed E-state index contributed by atoms with van der Waals surface area (Å²) in [5.74, 6) is 0.150. The molecular weight excluding hydrogens is 262 g/mol. The molecule has 0 spiro atoms. The Morgan fingerprint density at radius 3 is 2.76 bits per heavy atom. The summed E-state index contributed by atoms with van der Waals surface area (Å²) >= 11 is 5.81. The van der Waals surface area contributed by atoms with Crippen LogP contribution in [0.4, 0.5) is 5.82 Å². The van der Waals surface area contributed by atoms with Crippen molar-refractivity contribution in [3.63, 3.8) is 0 Å². The maximum Gasteiger partial charge on any atom is 0.235 e. The summed E-state index contributed by atoms with van der Waals surface area (Å²) in [5.41, 5.74) is 0. The fourth-order valence-electron chi connectivity index (χ4n) is 1.14. The zero-order valence-electron chi connectivity index (χ0n) is 9.77. The molecule has 0 radical (unpaired) electrons. The summed E-state index contributed by atoms with van der Waals surface area (Å²) in [7, 11) is -3.41. The fourth-order valence-corrected chi connectivity index (χ4v) is 2.31. The molecule has 5 nitrogen and oxygen atoms in total. The number of hydrogen-bond donors (Lipinski definition) is 2. The minimum Gasteiger partial charge on any atom is -0.313 e. The number of sulfonamides is 1. The summed E-state index contributed by atoms with van der Waals surface area (Å²) in [6, 6.07) is 3.47. The number of aromatic nitrogens is 1. The summed E-state index contributed by atoms with van der Waals surface area (Å²) in [6.07, 6.45) is 1.48. The normalized spacial score (nSPS) is 11.8. The molecule has 0 amide bonds. The third-order valence-electron chi connectivity index (χ3n) is 1.93. The molecule has 1 heterocycles. The summed E-state index contributed by atoms with van der Waals surface area (Å²) in [6.45, 7) is 4.29. The highest BCUT2D eigenvalue weighted by molar-refractivity contribution is 7.92. The lowest BCUT2D eigenvalue weighted by Crippen LogP contribution is -2.31. The SMILES string of the molecule is CC(C)NCCS(=O)(=O)Nc1ncccc1Cl. The van der Waals surface area contributed by atoms with Crippen LogP contribution in [0.15, 0.2) is 18.3 Å². The van der Waals surface area contributed by atoms with Crippen LogP contribution in [0, 0.1) is 0 Å². The van der Waals surface area contributed by atoms with Crippen LogP contribution in [-0.4, -0.2) is 31.7 Å². The van der Waals surface area contributed by atoms with Crippen molar-refractivity contribution < 1.29 is 8.42 Å². The van der Waals surface area contributed by atoms with Gasteiger partial charge in [-0.3, -0.25) is 4.72 Å². The summed E-state index contributed by atoms with van der Waals surface area (Å²) in [5, 5.41) is 3.31. The molecule has 7 heteroatoms. The lowest BCUT2D eigenvalue weighted by molar-refractivity contribution is 0.582. The van der Waals surface area contributed by atoms with E-state index in [1.165, 1.54) is 6.20 Å². The van der Waals surface area contributed by atoms with Crippen LogP contribution in [0.1, 0.15) is 13.8 Å². The maximum absolute atomic E-state index is 11.7. The van der Waals surface area contributed by atoms with E-state index < -0.39 is 10.0 Å². The van der Waals surface area contributed by atoms with Gasteiger partial charge in [0.2, 0.25) is 10.0 Å². The van der Waals surface area contributed by atoms with E-state index in [-0.39, 0.29) is 22.6 Å². The monoisotopic (exact) mass is 277 g/mol. The van der Waals surface area contributed by atoms with Gasteiger partial charge in [-0.15, -0.1) is 0 Å². The average Bonchev–Trinajstić information content (AvgIpc) is 2.20. The van der Waals surface area contributed by atoms with Gasteiger partial charge in [0.25, 0.3) is 0 Å². The molecule has 1 aromatic heterocycles. The van der Waals surface area contributed by atoms with Gasteiger partial charge in [0, 0.05) is 18.8 Å². The Hall–Kier alpha value is -0.850. The van der Waals surface area contributed by atoms with Crippen LogP contribution in [0.5, 0.6) is 0 Å². The Labute approximate surface area is 107 Å². The fraction of sp³-hybridized carbons (Fsp3) is 0.500. The molecule has 0 bridgehead atoms. The van der Waals surface area contributed by atoms with Gasteiger partial charge in [-0.25, -0.2) is 13.4 Å². The second-order valence-corrected chi connectivity index (χ2v) is 6.11. The summed E-state index contributed by atoms with van der Waals surface area (Å²) in [4.78, 5) is 3.86. The number of pyridine rings is 1. The van der Waals surface area contributed by atoms with Crippen molar-refractivity contribution in [2.45, 2.75) is 19.9 Å². The molecule has 0 fully saturated rings. The number of nitrogens with zero attached hydrogens (tertiary/aromatic N) is 1. The average molecular weight is 278 g/mol. The zero-order valence-corrected chi connectivity index (χ0v) is 11.3. The second kappa shape index (κ2) is 6.18. The van der Waals surface area contributed by atoms with E-state index in [0.717, 1.165) is 0 Å². The first-order valence-electron chi connectivity index (χ1n) is 5.25. The molecule has 0 saturated heterocycles. The number of rotatable bonds is 6. The summed E-state index contributed by atoms with van der Waals surface area (Å²) < 4.78 is 25.7. The van der Waals surface area contributed by atoms with Gasteiger partial charge in [0.05, 0.1) is 10.8 Å². The molecule has 2 N–H and O–H groups in total. The smallest absolute Gasteiger partial charge is 0.235 e. The van der Waals surface area contributed by atoms with Crippen LogP contribution >= 0.6 is 11.6 Å². The highest BCUT2D eigenvalue weighted by Gasteiger charge is 2.12. The minimum atomic E-state index is -3.41. The van der Waals surface area contributed by atoms with Crippen molar-refractivity contribution in [2.24, 2.45) is 0 Å². The van der Waals surface area contributed by atoms with E-state index >= 15 is 0 Å². The Morgan fingerprint density at radius 2 is 2.18 bits per heavy atom. The first-order chi connectivity index (χ1) is 7.91. The standard InChI is InChI=1S/C10H16ClN3O2S/c1-8(2)12-6-7-17(15,16)14-10-9(11)4-3-5-13-10/h3-5,8,12H,6-7H2,1-2H3,(H,13,14). The topological polar surface area (TPSA) is 71.1 Å². The predicted molar refractivity (Wildman–Crippen MR) is 69.8 cm³/mol. The maximum atomic E-state index is 11.7. The lowest BCUT2D eigenvalue weighted by Gasteiger charge is -2.10. The van der Waals surface area contributed by atoms with Gasteiger partial charge in [-0.05, 0) is 12.1 Å². The van der Waals surface area contributed by atoms with Gasteiger partial charge in [0.1, 0.15) is 0 Å². The Morgan fingerprint density at radius 1 is 1.47 bits per heavy atom. The molecule has 0 aliphatic rings. The van der Waals surface area contributed by atoms with Gasteiger partial charge in [-0.1, -0.05) is 25.4 Å². The Bertz CT molecular complexity index is 462. The van der Waals surface area contributed by atoms with E-state index in [0.29, 0.717) is 6.54 Å². The number of anilines is 1. The van der Waals surface area contributed by atoms with Gasteiger partial charge in [-0.2, -0.15) is 0 Å². The minimum absolute atomic E-state index is 0.0158. The number of halogens is 1. The molecule has 1 rings (SSSR count). The van der Waals surface area contributed by atoms with Crippen LogP contribution < -0.4 is 10.0 Å². The lowest BCUT2D eigenvalue weighted by atomic mass is 10.4. The van der Waals surface area contributed by atoms with Crippen molar-refractivity contribution in [1.82, 2.24) is 10.3 Å². The van der Waals surface area contributed by atoms with E-state index in [1.54, 1.807) is 12.1 Å². The molecule has 0 aromatic carbocycles. The highest BCUT2D eigenvalue weighted by Crippen LogP contribution is 2.18. The molecule has 0 aliphatic carbocycles. The molecule has 1 aromatic rings. The van der Waals surface area contributed by atoms with Crippen LogP contribution in [-0.2, 0) is 10.0 Å². The van der Waals surface area contributed by atoms with Crippen LogP contribution in [0.25, 0.3) is 0 Å². The molecule has 0 unspecified atom stereocenters. The van der Waals surface area contributed by atoms with E-state index in [4.69, 9.17) is 11.6 Å². The van der Waals surface area contributed by atoms with Gasteiger partial charge >= 0.3 is 0 Å². The van der Waals surface area contributed by atoms with Gasteiger partial charge < -0.3 is 5.32 Å². The molecule has 0 aliphatic heterocycles. The number of nitrogens with one attached hydrogen (secondary N) is 2. The molecule has 96 valence electrons. The Kier molecular flexibility index (Phi) is 5.17. The van der Waals surface area contributed by atoms with E-state index in [2.05, 4.69) is 15.0 Å². The Balaban J connectivity index is 2.58. The highest BCUT2D eigenvalue weighted by atomic mass is 35.5. The first-order valence-corrected chi connectivity index (χ1v) is 7.28. The third kappa shape index (κ3) is 5.34. The molecule has 17 heavy (non-hydrogen) atoms.